The first kappa shape index (κ1) is 18.5. The lowest BCUT2D eigenvalue weighted by Crippen LogP contribution is -2.34. The van der Waals surface area contributed by atoms with Crippen molar-refractivity contribution in [2.45, 2.75) is 23.3 Å². The molecule has 0 fully saturated rings. The lowest BCUT2D eigenvalue weighted by Gasteiger charge is -2.19. The Morgan fingerprint density at radius 3 is 2.38 bits per heavy atom. The van der Waals surface area contributed by atoms with Gasteiger partial charge in [0, 0.05) is 12.5 Å². The van der Waals surface area contributed by atoms with Crippen molar-refractivity contribution in [2.75, 3.05) is 13.7 Å². The first-order valence-corrected chi connectivity index (χ1v) is 9.98. The number of methoxy groups -OCH3 is 1. The van der Waals surface area contributed by atoms with E-state index in [9.17, 15) is 13.2 Å². The van der Waals surface area contributed by atoms with E-state index in [2.05, 4.69) is 5.32 Å². The molecule has 0 spiro atoms. The summed E-state index contributed by atoms with van der Waals surface area (Å²) >= 11 is 1.18. The molecule has 0 bridgehead atoms. The van der Waals surface area contributed by atoms with E-state index < -0.39 is 15.1 Å². The third-order valence-corrected chi connectivity index (χ3v) is 7.16. The molecule has 130 valence electrons. The summed E-state index contributed by atoms with van der Waals surface area (Å²) in [6, 6.07) is 10.2. The zero-order chi connectivity index (χ0) is 17.7. The highest BCUT2D eigenvalue weighted by Gasteiger charge is 2.30. The largest absolute Gasteiger partial charge is 0.497 e. The third kappa shape index (κ3) is 4.15. The van der Waals surface area contributed by atoms with Crippen LogP contribution in [0.4, 0.5) is 0 Å². The van der Waals surface area contributed by atoms with E-state index in [4.69, 9.17) is 4.74 Å². The maximum Gasteiger partial charge on any atom is 0.222 e. The molecule has 1 amide bonds. The fraction of sp³-hybridized carbons (Fsp3) is 0.353. The van der Waals surface area contributed by atoms with Crippen LogP contribution >= 0.6 is 11.3 Å². The summed E-state index contributed by atoms with van der Waals surface area (Å²) in [5.41, 5.74) is 0.619. The van der Waals surface area contributed by atoms with Crippen molar-refractivity contribution in [1.82, 2.24) is 5.32 Å². The molecule has 1 atom stereocenters. The maximum absolute atomic E-state index is 13.0. The lowest BCUT2D eigenvalue weighted by atomic mass is 10.1. The third-order valence-electron chi connectivity index (χ3n) is 3.62. The molecule has 7 heteroatoms. The van der Waals surface area contributed by atoms with Gasteiger partial charge in [0.15, 0.2) is 9.84 Å². The Kier molecular flexibility index (Phi) is 6.01. The molecule has 0 radical (unpaired) electrons. The quantitative estimate of drug-likeness (QED) is 0.816. The van der Waals surface area contributed by atoms with Crippen LogP contribution in [0.1, 0.15) is 24.7 Å². The van der Waals surface area contributed by atoms with Crippen molar-refractivity contribution in [3.8, 4) is 5.75 Å². The second-order valence-corrected chi connectivity index (χ2v) is 8.94. The molecule has 1 aromatic carbocycles. The maximum atomic E-state index is 13.0. The van der Waals surface area contributed by atoms with Gasteiger partial charge in [0.05, 0.1) is 7.11 Å². The van der Waals surface area contributed by atoms with Crippen molar-refractivity contribution < 1.29 is 17.9 Å². The van der Waals surface area contributed by atoms with E-state index in [1.54, 1.807) is 62.7 Å². The van der Waals surface area contributed by atoms with Crippen molar-refractivity contribution in [3.05, 3.63) is 47.3 Å². The van der Waals surface area contributed by atoms with E-state index in [0.717, 1.165) is 0 Å². The standard InChI is InChI=1S/C17H21NO4S2/c1-12(2)17(19)18-11-15(13-6-8-14(22-3)9-7-13)24(20,21)16-5-4-10-23-16/h4-10,12,15H,11H2,1-3H3,(H,18,19)/t15-/m0/s1. The van der Waals surface area contributed by atoms with Gasteiger partial charge in [0.25, 0.3) is 0 Å². The van der Waals surface area contributed by atoms with Gasteiger partial charge in [-0.1, -0.05) is 32.0 Å². The average molecular weight is 367 g/mol. The van der Waals surface area contributed by atoms with E-state index in [1.165, 1.54) is 11.3 Å². The van der Waals surface area contributed by atoms with Gasteiger partial charge >= 0.3 is 0 Å². The molecule has 1 aromatic heterocycles. The smallest absolute Gasteiger partial charge is 0.222 e. The van der Waals surface area contributed by atoms with Crippen LogP contribution in [0.2, 0.25) is 0 Å². The van der Waals surface area contributed by atoms with Gasteiger partial charge in [-0.25, -0.2) is 8.42 Å². The summed E-state index contributed by atoms with van der Waals surface area (Å²) in [6.07, 6.45) is 0. The summed E-state index contributed by atoms with van der Waals surface area (Å²) in [6.45, 7) is 3.57. The van der Waals surface area contributed by atoms with Gasteiger partial charge < -0.3 is 10.1 Å². The number of hydrogen-bond donors (Lipinski definition) is 1. The van der Waals surface area contributed by atoms with Crippen LogP contribution in [0.3, 0.4) is 0 Å². The lowest BCUT2D eigenvalue weighted by molar-refractivity contribution is -0.123. The molecular weight excluding hydrogens is 346 g/mol. The zero-order valence-electron chi connectivity index (χ0n) is 13.9. The van der Waals surface area contributed by atoms with E-state index in [-0.39, 0.29) is 18.4 Å². The highest BCUT2D eigenvalue weighted by molar-refractivity contribution is 7.93. The summed E-state index contributed by atoms with van der Waals surface area (Å²) in [4.78, 5) is 11.9. The van der Waals surface area contributed by atoms with Crippen molar-refractivity contribution >= 4 is 27.1 Å². The highest BCUT2D eigenvalue weighted by Crippen LogP contribution is 2.32. The Balaban J connectivity index is 2.35. The first-order chi connectivity index (χ1) is 11.4. The number of carbonyl (C=O) groups excluding carboxylic acids is 1. The van der Waals surface area contributed by atoms with Gasteiger partial charge in [-0.3, -0.25) is 4.79 Å². The van der Waals surface area contributed by atoms with Crippen molar-refractivity contribution in [3.63, 3.8) is 0 Å². The molecule has 1 N–H and O–H groups in total. The molecule has 0 saturated carbocycles. The summed E-state index contributed by atoms with van der Waals surface area (Å²) in [5, 5.41) is 3.62. The number of carbonyl (C=O) groups is 1. The van der Waals surface area contributed by atoms with Crippen LogP contribution in [0.5, 0.6) is 5.75 Å². The van der Waals surface area contributed by atoms with Crippen LogP contribution in [-0.2, 0) is 14.6 Å². The van der Waals surface area contributed by atoms with Gasteiger partial charge in [0.2, 0.25) is 5.91 Å². The summed E-state index contributed by atoms with van der Waals surface area (Å²) < 4.78 is 31.3. The van der Waals surface area contributed by atoms with Gasteiger partial charge in [-0.15, -0.1) is 11.3 Å². The minimum absolute atomic E-state index is 0.0313. The first-order valence-electron chi connectivity index (χ1n) is 7.55. The number of benzene rings is 1. The van der Waals surface area contributed by atoms with E-state index in [1.807, 2.05) is 0 Å². The number of hydrogen-bond acceptors (Lipinski definition) is 5. The number of nitrogens with one attached hydrogen (secondary N) is 1. The highest BCUT2D eigenvalue weighted by atomic mass is 32.2. The molecule has 2 aromatic rings. The fourth-order valence-electron chi connectivity index (χ4n) is 2.19. The van der Waals surface area contributed by atoms with Crippen LogP contribution in [0.15, 0.2) is 46.0 Å². The molecule has 0 aliphatic heterocycles. The monoisotopic (exact) mass is 367 g/mol. The van der Waals surface area contributed by atoms with Crippen LogP contribution < -0.4 is 10.1 Å². The van der Waals surface area contributed by atoms with E-state index >= 15 is 0 Å². The molecule has 0 aliphatic carbocycles. The fourth-order valence-corrected chi connectivity index (χ4v) is 5.06. The van der Waals surface area contributed by atoms with Gasteiger partial charge in [-0.05, 0) is 29.1 Å². The molecule has 2 rings (SSSR count). The second-order valence-electron chi connectivity index (χ2n) is 5.64. The topological polar surface area (TPSA) is 72.5 Å². The molecule has 5 nitrogen and oxygen atoms in total. The number of amides is 1. The Labute approximate surface area is 146 Å². The molecule has 0 unspecified atom stereocenters. The normalized spacial score (nSPS) is 12.8. The van der Waals surface area contributed by atoms with E-state index in [0.29, 0.717) is 15.5 Å². The molecule has 0 aliphatic rings. The predicted molar refractivity (Wildman–Crippen MR) is 95.1 cm³/mol. The number of rotatable bonds is 7. The van der Waals surface area contributed by atoms with Gasteiger partial charge in [-0.2, -0.15) is 0 Å². The van der Waals surface area contributed by atoms with Crippen LogP contribution in [0.25, 0.3) is 0 Å². The van der Waals surface area contributed by atoms with Crippen molar-refractivity contribution in [2.24, 2.45) is 5.92 Å². The number of sulfone groups is 1. The molecular formula is C17H21NO4S2. The van der Waals surface area contributed by atoms with Gasteiger partial charge in [0.1, 0.15) is 15.2 Å². The van der Waals surface area contributed by atoms with Crippen LogP contribution in [-0.4, -0.2) is 28.0 Å². The van der Waals surface area contributed by atoms with Crippen molar-refractivity contribution in [1.29, 1.82) is 0 Å². The SMILES string of the molecule is COc1ccc([C@H](CNC(=O)C(C)C)S(=O)(=O)c2cccs2)cc1. The number of thiophene rings is 1. The Bertz CT molecular complexity index is 765. The minimum Gasteiger partial charge on any atom is -0.497 e. The summed E-state index contributed by atoms with van der Waals surface area (Å²) in [7, 11) is -2.04. The number of ether oxygens (including phenoxy) is 1. The predicted octanol–water partition coefficient (Wildman–Crippen LogP) is 3.04. The Morgan fingerprint density at radius 1 is 1.21 bits per heavy atom. The average Bonchev–Trinajstić information content (AvgIpc) is 3.10. The second kappa shape index (κ2) is 7.81. The Morgan fingerprint density at radius 2 is 1.88 bits per heavy atom. The minimum atomic E-state index is -3.59. The summed E-state index contributed by atoms with van der Waals surface area (Å²) in [5.74, 6) is 0.276. The molecule has 0 saturated heterocycles. The molecule has 1 heterocycles. The zero-order valence-corrected chi connectivity index (χ0v) is 15.5. The van der Waals surface area contributed by atoms with Crippen LogP contribution in [0, 0.1) is 5.92 Å². The Hall–Kier alpha value is -1.86. The molecule has 24 heavy (non-hydrogen) atoms.